The van der Waals surface area contributed by atoms with Crippen LogP contribution in [-0.2, 0) is 11.3 Å². The molecule has 0 bridgehead atoms. The predicted molar refractivity (Wildman–Crippen MR) is 130 cm³/mol. The summed E-state index contributed by atoms with van der Waals surface area (Å²) in [6, 6.07) is 5.39. The van der Waals surface area contributed by atoms with Crippen molar-refractivity contribution >= 4 is 39.8 Å². The van der Waals surface area contributed by atoms with Gasteiger partial charge in [0, 0.05) is 30.4 Å². The van der Waals surface area contributed by atoms with Crippen LogP contribution in [0.25, 0.3) is 0 Å². The van der Waals surface area contributed by atoms with Gasteiger partial charge in [0.2, 0.25) is 5.91 Å². The van der Waals surface area contributed by atoms with Crippen molar-refractivity contribution in [2.75, 3.05) is 23.7 Å². The molecule has 0 atom stereocenters. The molecular weight excluding hydrogens is 454 g/mol. The van der Waals surface area contributed by atoms with Crippen LogP contribution < -0.4 is 10.6 Å². The second-order valence-electron chi connectivity index (χ2n) is 7.75. The molecule has 3 aromatic rings. The van der Waals surface area contributed by atoms with E-state index in [2.05, 4.69) is 26.8 Å². The van der Waals surface area contributed by atoms with E-state index in [1.54, 1.807) is 34.8 Å². The summed E-state index contributed by atoms with van der Waals surface area (Å²) in [7, 11) is 0. The average Bonchev–Trinajstić information content (AvgIpc) is 3.41. The lowest BCUT2D eigenvalue weighted by Crippen LogP contribution is -2.34. The fraction of sp³-hybridized carbons (Fsp3) is 0.348. The number of phenolic OH excluding ortho intramolecular Hbond substituents is 1. The Labute approximate surface area is 201 Å². The number of phenols is 1. The molecule has 0 aliphatic heterocycles. The summed E-state index contributed by atoms with van der Waals surface area (Å²) in [5, 5.41) is 29.5. The molecule has 0 unspecified atom stereocenters. The summed E-state index contributed by atoms with van der Waals surface area (Å²) in [6.45, 7) is 8.31. The van der Waals surface area contributed by atoms with E-state index in [-0.39, 0.29) is 30.5 Å². The van der Waals surface area contributed by atoms with Crippen LogP contribution in [0.5, 0.6) is 5.75 Å². The summed E-state index contributed by atoms with van der Waals surface area (Å²) >= 11 is 1.17. The maximum Gasteiger partial charge on any atom is 0.267 e. The van der Waals surface area contributed by atoms with E-state index in [1.807, 2.05) is 20.8 Å². The van der Waals surface area contributed by atoms with E-state index in [0.29, 0.717) is 40.2 Å². The number of aryl methyl sites for hydroxylation is 2. The minimum Gasteiger partial charge on any atom is -0.508 e. The van der Waals surface area contributed by atoms with Crippen molar-refractivity contribution in [3.8, 4) is 11.8 Å². The standard InChI is InChI=1S/C23H27N7O3S/c1-5-29(10-6-9-24)19(32)13-30-12-15(3)21(28-30)27-23-25-11-18(34-23)22(33)26-20-14(2)7-8-17(31)16(20)4/h7-8,11-12,31H,5-6,10,13H2,1-4H3,(H,26,33)(H,25,27,28). The Morgan fingerprint density at radius 1 is 1.26 bits per heavy atom. The number of carbonyl (C=O) groups is 2. The third-order valence-electron chi connectivity index (χ3n) is 5.31. The number of rotatable bonds is 9. The van der Waals surface area contributed by atoms with Crippen LogP contribution in [0, 0.1) is 32.1 Å². The topological polar surface area (TPSA) is 136 Å². The highest BCUT2D eigenvalue weighted by Crippen LogP contribution is 2.30. The molecule has 10 nitrogen and oxygen atoms in total. The number of aromatic nitrogens is 3. The first-order chi connectivity index (χ1) is 16.2. The Balaban J connectivity index is 1.67. The lowest BCUT2D eigenvalue weighted by atomic mass is 10.1. The first-order valence-electron chi connectivity index (χ1n) is 10.8. The first kappa shape index (κ1) is 24.7. The number of aromatic hydroxyl groups is 1. The second kappa shape index (κ2) is 10.8. The van der Waals surface area contributed by atoms with E-state index in [4.69, 9.17) is 5.26 Å². The second-order valence-corrected chi connectivity index (χ2v) is 8.78. The maximum atomic E-state index is 12.7. The van der Waals surface area contributed by atoms with Gasteiger partial charge in [-0.3, -0.25) is 14.3 Å². The zero-order valence-corrected chi connectivity index (χ0v) is 20.4. The first-order valence-corrected chi connectivity index (χ1v) is 11.6. The zero-order chi connectivity index (χ0) is 24.8. The molecular formula is C23H27N7O3S. The number of hydrogen-bond donors (Lipinski definition) is 3. The van der Waals surface area contributed by atoms with Crippen LogP contribution in [0.3, 0.4) is 0 Å². The van der Waals surface area contributed by atoms with E-state index in [0.717, 1.165) is 11.1 Å². The monoisotopic (exact) mass is 481 g/mol. The van der Waals surface area contributed by atoms with Crippen molar-refractivity contribution in [3.63, 3.8) is 0 Å². The smallest absolute Gasteiger partial charge is 0.267 e. The number of thiazole rings is 1. The molecule has 34 heavy (non-hydrogen) atoms. The number of nitriles is 1. The highest BCUT2D eigenvalue weighted by Gasteiger charge is 2.17. The molecule has 11 heteroatoms. The molecule has 0 fully saturated rings. The van der Waals surface area contributed by atoms with Crippen LogP contribution in [-0.4, -0.2) is 49.7 Å². The van der Waals surface area contributed by atoms with Gasteiger partial charge in [-0.25, -0.2) is 4.98 Å². The number of amides is 2. The molecule has 0 saturated carbocycles. The van der Waals surface area contributed by atoms with Crippen molar-refractivity contribution in [2.45, 2.75) is 40.7 Å². The maximum absolute atomic E-state index is 12.7. The van der Waals surface area contributed by atoms with Crippen LogP contribution in [0.2, 0.25) is 0 Å². The number of nitrogens with zero attached hydrogens (tertiary/aromatic N) is 5. The van der Waals surface area contributed by atoms with Gasteiger partial charge in [0.05, 0.1) is 24.4 Å². The Morgan fingerprint density at radius 3 is 2.74 bits per heavy atom. The minimum absolute atomic E-state index is 0.0654. The van der Waals surface area contributed by atoms with Gasteiger partial charge in [-0.15, -0.1) is 0 Å². The summed E-state index contributed by atoms with van der Waals surface area (Å²) in [5.74, 6) is 0.211. The van der Waals surface area contributed by atoms with Crippen molar-refractivity contribution in [2.24, 2.45) is 0 Å². The van der Waals surface area contributed by atoms with Gasteiger partial charge in [-0.05, 0) is 39.3 Å². The van der Waals surface area contributed by atoms with Crippen molar-refractivity contribution in [3.05, 3.63) is 46.1 Å². The third kappa shape index (κ3) is 5.71. The van der Waals surface area contributed by atoms with Crippen molar-refractivity contribution in [1.82, 2.24) is 19.7 Å². The summed E-state index contributed by atoms with van der Waals surface area (Å²) in [6.07, 6.45) is 3.52. The largest absolute Gasteiger partial charge is 0.508 e. The van der Waals surface area contributed by atoms with E-state index in [1.165, 1.54) is 17.5 Å². The number of carbonyl (C=O) groups excluding carboxylic acids is 2. The Bertz CT molecular complexity index is 1240. The summed E-state index contributed by atoms with van der Waals surface area (Å²) < 4.78 is 1.55. The van der Waals surface area contributed by atoms with Gasteiger partial charge in [-0.2, -0.15) is 10.4 Å². The van der Waals surface area contributed by atoms with Gasteiger partial charge in [0.25, 0.3) is 5.91 Å². The highest BCUT2D eigenvalue weighted by atomic mass is 32.1. The minimum atomic E-state index is -0.327. The van der Waals surface area contributed by atoms with E-state index < -0.39 is 0 Å². The molecule has 2 aromatic heterocycles. The quantitative estimate of drug-likeness (QED) is 0.424. The Morgan fingerprint density at radius 2 is 2.03 bits per heavy atom. The number of hydrogen-bond acceptors (Lipinski definition) is 8. The SMILES string of the molecule is CCN(CCC#N)C(=O)Cn1cc(C)c(Nc2ncc(C(=O)Nc3c(C)ccc(O)c3C)s2)n1. The average molecular weight is 482 g/mol. The van der Waals surface area contributed by atoms with Gasteiger partial charge in [0.15, 0.2) is 10.9 Å². The van der Waals surface area contributed by atoms with Gasteiger partial charge in [-0.1, -0.05) is 17.4 Å². The number of benzene rings is 1. The lowest BCUT2D eigenvalue weighted by Gasteiger charge is -2.19. The molecule has 2 amide bonds. The summed E-state index contributed by atoms with van der Waals surface area (Å²) in [5.41, 5.74) is 2.83. The summed E-state index contributed by atoms with van der Waals surface area (Å²) in [4.78, 5) is 31.5. The molecule has 3 rings (SSSR count). The molecule has 0 saturated heterocycles. The third-order valence-corrected chi connectivity index (χ3v) is 6.22. The predicted octanol–water partition coefficient (Wildman–Crippen LogP) is 3.73. The zero-order valence-electron chi connectivity index (χ0n) is 19.5. The number of anilines is 3. The van der Waals surface area contributed by atoms with E-state index >= 15 is 0 Å². The molecule has 0 aliphatic carbocycles. The Hall–Kier alpha value is -3.91. The number of likely N-dealkylation sites (N-methyl/N-ethyl adjacent to an activating group) is 1. The van der Waals surface area contributed by atoms with E-state index in [9.17, 15) is 14.7 Å². The molecule has 1 aromatic carbocycles. The number of nitrogens with one attached hydrogen (secondary N) is 2. The Kier molecular flexibility index (Phi) is 7.86. The van der Waals surface area contributed by atoms with Gasteiger partial charge < -0.3 is 20.6 Å². The van der Waals surface area contributed by atoms with Gasteiger partial charge in [0.1, 0.15) is 17.2 Å². The molecule has 2 heterocycles. The molecule has 178 valence electrons. The van der Waals surface area contributed by atoms with Crippen LogP contribution in [0.15, 0.2) is 24.5 Å². The fourth-order valence-corrected chi connectivity index (χ4v) is 4.06. The van der Waals surface area contributed by atoms with Crippen molar-refractivity contribution in [1.29, 1.82) is 5.26 Å². The molecule has 0 aliphatic rings. The normalized spacial score (nSPS) is 10.6. The fourth-order valence-electron chi connectivity index (χ4n) is 3.35. The molecule has 0 radical (unpaired) electrons. The van der Waals surface area contributed by atoms with Crippen LogP contribution >= 0.6 is 11.3 Å². The van der Waals surface area contributed by atoms with Crippen molar-refractivity contribution < 1.29 is 14.7 Å². The molecule has 3 N–H and O–H groups in total. The lowest BCUT2D eigenvalue weighted by molar-refractivity contribution is -0.131. The van der Waals surface area contributed by atoms with Crippen LogP contribution in [0.1, 0.15) is 39.7 Å². The van der Waals surface area contributed by atoms with Crippen LogP contribution in [0.4, 0.5) is 16.6 Å². The van der Waals surface area contributed by atoms with Gasteiger partial charge >= 0.3 is 0 Å². The molecule has 0 spiro atoms. The highest BCUT2D eigenvalue weighted by molar-refractivity contribution is 7.17.